The molecule has 35 heavy (non-hydrogen) atoms. The van der Waals surface area contributed by atoms with Gasteiger partial charge in [-0.25, -0.2) is 4.57 Å². The highest BCUT2D eigenvalue weighted by Crippen LogP contribution is 2.39. The molecule has 0 unspecified atom stereocenters. The third-order valence-electron chi connectivity index (χ3n) is 7.63. The van der Waals surface area contributed by atoms with E-state index >= 15 is 0 Å². The van der Waals surface area contributed by atoms with Crippen molar-refractivity contribution in [1.29, 1.82) is 5.26 Å². The van der Waals surface area contributed by atoms with Crippen LogP contribution in [0.3, 0.4) is 0 Å². The lowest BCUT2D eigenvalue weighted by Gasteiger charge is -2.25. The van der Waals surface area contributed by atoms with E-state index in [0.717, 1.165) is 16.7 Å². The second-order valence-corrected chi connectivity index (χ2v) is 14.3. The standard InChI is InChI=1S/C32H27N2Si/c1-21-12-16-26-27-17-15-25(20-33)30(24-14-13-22-9-5-6-10-23(22)19-24)32(27)35(3,4)31(26)29(21)28-11-7-8-18-34(28)2/h5-19H,1-4H3/q+1. The van der Waals surface area contributed by atoms with Gasteiger partial charge in [0.25, 0.3) is 0 Å². The number of hydrogen-bond donors (Lipinski definition) is 0. The summed E-state index contributed by atoms with van der Waals surface area (Å²) in [4.78, 5) is 0. The topological polar surface area (TPSA) is 27.7 Å². The van der Waals surface area contributed by atoms with Gasteiger partial charge in [0.05, 0.1) is 11.6 Å². The molecule has 0 aliphatic carbocycles. The molecule has 0 N–H and O–H groups in total. The largest absolute Gasteiger partial charge is 0.212 e. The fourth-order valence-electron chi connectivity index (χ4n) is 6.03. The molecule has 5 aromatic rings. The van der Waals surface area contributed by atoms with Gasteiger partial charge in [0.15, 0.2) is 6.20 Å². The molecule has 168 valence electrons. The quantitative estimate of drug-likeness (QED) is 0.232. The lowest BCUT2D eigenvalue weighted by Crippen LogP contribution is -2.52. The van der Waals surface area contributed by atoms with E-state index in [2.05, 4.69) is 123 Å². The summed E-state index contributed by atoms with van der Waals surface area (Å²) in [6.07, 6.45) is 2.12. The van der Waals surface area contributed by atoms with Crippen LogP contribution < -0.4 is 14.9 Å². The number of pyridine rings is 1. The Morgan fingerprint density at radius 3 is 2.17 bits per heavy atom. The first kappa shape index (κ1) is 21.5. The molecule has 2 nitrogen and oxygen atoms in total. The molecular formula is C32H27N2Si+. The van der Waals surface area contributed by atoms with E-state index < -0.39 is 8.07 Å². The maximum Gasteiger partial charge on any atom is 0.212 e. The van der Waals surface area contributed by atoms with Crippen molar-refractivity contribution < 1.29 is 4.57 Å². The third-order valence-corrected chi connectivity index (χ3v) is 11.2. The van der Waals surface area contributed by atoms with Crippen molar-refractivity contribution in [3.63, 3.8) is 0 Å². The number of fused-ring (bicyclic) bond motifs is 4. The van der Waals surface area contributed by atoms with Crippen LogP contribution in [0, 0.1) is 18.3 Å². The van der Waals surface area contributed by atoms with Gasteiger partial charge in [-0.2, -0.15) is 5.26 Å². The number of nitrogens with zero attached hydrogens (tertiary/aromatic N) is 2. The summed E-state index contributed by atoms with van der Waals surface area (Å²) in [6.45, 7) is 7.13. The van der Waals surface area contributed by atoms with Crippen molar-refractivity contribution >= 4 is 29.2 Å². The highest BCUT2D eigenvalue weighted by atomic mass is 28.3. The molecular weight excluding hydrogens is 440 g/mol. The predicted molar refractivity (Wildman–Crippen MR) is 148 cm³/mol. The fraction of sp³-hybridized carbons (Fsp3) is 0.125. The highest BCUT2D eigenvalue weighted by Gasteiger charge is 2.43. The zero-order valence-electron chi connectivity index (χ0n) is 20.6. The minimum absolute atomic E-state index is 0.760. The van der Waals surface area contributed by atoms with Crippen molar-refractivity contribution in [2.24, 2.45) is 7.05 Å². The molecule has 0 saturated carbocycles. The number of aromatic nitrogens is 1. The molecule has 1 aliphatic heterocycles. The van der Waals surface area contributed by atoms with Gasteiger partial charge < -0.3 is 0 Å². The Morgan fingerprint density at radius 1 is 0.743 bits per heavy atom. The van der Waals surface area contributed by atoms with Crippen LogP contribution in [0.1, 0.15) is 11.1 Å². The number of benzene rings is 4. The van der Waals surface area contributed by atoms with E-state index in [1.165, 1.54) is 49.1 Å². The van der Waals surface area contributed by atoms with Crippen LogP contribution in [-0.4, -0.2) is 8.07 Å². The zero-order chi connectivity index (χ0) is 24.3. The average molecular weight is 468 g/mol. The van der Waals surface area contributed by atoms with Gasteiger partial charge in [-0.3, -0.25) is 0 Å². The third kappa shape index (κ3) is 3.11. The molecule has 2 heterocycles. The van der Waals surface area contributed by atoms with Crippen LogP contribution in [0.15, 0.2) is 91.1 Å². The Kier molecular flexibility index (Phi) is 4.77. The Morgan fingerprint density at radius 2 is 1.43 bits per heavy atom. The van der Waals surface area contributed by atoms with E-state index in [1.807, 2.05) is 6.07 Å². The van der Waals surface area contributed by atoms with Crippen molar-refractivity contribution in [1.82, 2.24) is 0 Å². The molecule has 6 rings (SSSR count). The maximum atomic E-state index is 10.2. The molecule has 0 atom stereocenters. The van der Waals surface area contributed by atoms with Crippen LogP contribution in [0.25, 0.3) is 44.3 Å². The highest BCUT2D eigenvalue weighted by molar-refractivity contribution is 7.05. The number of hydrogen-bond acceptors (Lipinski definition) is 1. The second-order valence-electron chi connectivity index (χ2n) is 10.1. The SMILES string of the molecule is Cc1ccc2c(c1-c1cccc[n+]1C)[Si](C)(C)c1c-2ccc(C#N)c1-c1ccc2ccccc2c1. The fourth-order valence-corrected chi connectivity index (χ4v) is 9.92. The Balaban J connectivity index is 1.69. The van der Waals surface area contributed by atoms with E-state index in [-0.39, 0.29) is 0 Å². The summed E-state index contributed by atoms with van der Waals surface area (Å²) < 4.78 is 2.22. The van der Waals surface area contributed by atoms with Gasteiger partial charge in [0, 0.05) is 17.7 Å². The minimum atomic E-state index is -2.17. The summed E-state index contributed by atoms with van der Waals surface area (Å²) in [5.74, 6) is 0. The van der Waals surface area contributed by atoms with Crippen molar-refractivity contribution in [3.8, 4) is 39.6 Å². The molecule has 0 saturated heterocycles. The number of rotatable bonds is 2. The number of aryl methyl sites for hydroxylation is 2. The van der Waals surface area contributed by atoms with E-state index in [9.17, 15) is 5.26 Å². The van der Waals surface area contributed by atoms with Gasteiger partial charge >= 0.3 is 0 Å². The molecule has 1 aliphatic rings. The van der Waals surface area contributed by atoms with Crippen LogP contribution >= 0.6 is 0 Å². The lowest BCUT2D eigenvalue weighted by molar-refractivity contribution is -0.660. The first-order valence-corrected chi connectivity index (χ1v) is 15.1. The van der Waals surface area contributed by atoms with Crippen molar-refractivity contribution in [2.75, 3.05) is 0 Å². The Bertz CT molecular complexity index is 1710. The second kappa shape index (κ2) is 7.76. The van der Waals surface area contributed by atoms with Crippen LogP contribution in [0.5, 0.6) is 0 Å². The van der Waals surface area contributed by atoms with Gasteiger partial charge in [-0.1, -0.05) is 67.7 Å². The van der Waals surface area contributed by atoms with Crippen LogP contribution in [0.2, 0.25) is 13.1 Å². The first-order chi connectivity index (χ1) is 16.9. The molecule has 1 aromatic heterocycles. The van der Waals surface area contributed by atoms with Crippen molar-refractivity contribution in [2.45, 2.75) is 20.0 Å². The van der Waals surface area contributed by atoms with E-state index in [1.54, 1.807) is 0 Å². The van der Waals surface area contributed by atoms with Gasteiger partial charge in [-0.15, -0.1) is 0 Å². The molecule has 0 amide bonds. The summed E-state index contributed by atoms with van der Waals surface area (Å²) in [7, 11) is -0.0459. The van der Waals surface area contributed by atoms with Crippen molar-refractivity contribution in [3.05, 3.63) is 102 Å². The molecule has 0 bridgehead atoms. The molecule has 4 aromatic carbocycles. The van der Waals surface area contributed by atoms with Crippen LogP contribution in [-0.2, 0) is 7.05 Å². The van der Waals surface area contributed by atoms with E-state index in [4.69, 9.17) is 0 Å². The predicted octanol–water partition coefficient (Wildman–Crippen LogP) is 5.98. The Hall–Kier alpha value is -4.00. The monoisotopic (exact) mass is 467 g/mol. The molecule has 0 radical (unpaired) electrons. The summed E-state index contributed by atoms with van der Waals surface area (Å²) in [5, 5.41) is 15.5. The first-order valence-electron chi connectivity index (χ1n) is 12.1. The van der Waals surface area contributed by atoms with Gasteiger partial charge in [0.2, 0.25) is 5.69 Å². The number of nitriles is 1. The lowest BCUT2D eigenvalue weighted by atomic mass is 9.92. The maximum absolute atomic E-state index is 10.2. The Labute approximate surface area is 207 Å². The minimum Gasteiger partial charge on any atom is -0.201 e. The van der Waals surface area contributed by atoms with Crippen LogP contribution in [0.4, 0.5) is 0 Å². The molecule has 3 heteroatoms. The molecule has 0 fully saturated rings. The average Bonchev–Trinajstić information content (AvgIpc) is 3.10. The smallest absolute Gasteiger partial charge is 0.201 e. The summed E-state index contributed by atoms with van der Waals surface area (Å²) >= 11 is 0. The normalized spacial score (nSPS) is 13.3. The summed E-state index contributed by atoms with van der Waals surface area (Å²) in [6, 6.07) is 32.8. The van der Waals surface area contributed by atoms with E-state index in [0.29, 0.717) is 0 Å². The molecule has 0 spiro atoms. The van der Waals surface area contributed by atoms with Gasteiger partial charge in [0.1, 0.15) is 15.1 Å². The zero-order valence-corrected chi connectivity index (χ0v) is 21.6. The van der Waals surface area contributed by atoms with Gasteiger partial charge in [-0.05, 0) is 74.1 Å². The summed E-state index contributed by atoms with van der Waals surface area (Å²) in [5.41, 5.74) is 9.51.